The summed E-state index contributed by atoms with van der Waals surface area (Å²) < 4.78 is 4.88. The van der Waals surface area contributed by atoms with Crippen LogP contribution in [0.25, 0.3) is 10.9 Å². The highest BCUT2D eigenvalue weighted by molar-refractivity contribution is 5.96. The highest BCUT2D eigenvalue weighted by atomic mass is 16.5. The van der Waals surface area contributed by atoms with Crippen molar-refractivity contribution in [3.05, 3.63) is 35.5 Å². The summed E-state index contributed by atoms with van der Waals surface area (Å²) in [6.07, 6.45) is 0. The van der Waals surface area contributed by atoms with E-state index in [1.54, 1.807) is 25.1 Å². The first-order chi connectivity index (χ1) is 7.76. The molecule has 16 heavy (non-hydrogen) atoms. The number of ether oxygens (including phenoxy) is 1. The maximum absolute atomic E-state index is 11.5. The average molecular weight is 214 g/mol. The van der Waals surface area contributed by atoms with Gasteiger partial charge in [-0.1, -0.05) is 12.1 Å². The Kier molecular flexibility index (Phi) is 2.61. The molecule has 2 aromatic rings. The van der Waals surface area contributed by atoms with Gasteiger partial charge >= 0.3 is 5.97 Å². The molecule has 0 unspecified atom stereocenters. The lowest BCUT2D eigenvalue weighted by molar-refractivity contribution is 0.0520. The van der Waals surface area contributed by atoms with Crippen LogP contribution >= 0.6 is 0 Å². The predicted molar refractivity (Wildman–Crippen MR) is 59.0 cm³/mol. The van der Waals surface area contributed by atoms with Crippen molar-refractivity contribution < 1.29 is 9.53 Å². The molecule has 0 bridgehead atoms. The van der Waals surface area contributed by atoms with Crippen molar-refractivity contribution in [2.45, 2.75) is 6.92 Å². The molecule has 0 atom stereocenters. The van der Waals surface area contributed by atoms with E-state index >= 15 is 0 Å². The number of hydrogen-bond acceptors (Lipinski definition) is 3. The van der Waals surface area contributed by atoms with Gasteiger partial charge in [0.2, 0.25) is 0 Å². The number of carbonyl (C=O) groups excluding carboxylic acids is 1. The molecule has 4 nitrogen and oxygen atoms in total. The molecule has 0 spiro atoms. The lowest BCUT2D eigenvalue weighted by Crippen LogP contribution is -2.04. The first-order valence-electron chi connectivity index (χ1n) is 4.95. The number of benzene rings is 1. The fourth-order valence-corrected chi connectivity index (χ4v) is 1.57. The Hall–Kier alpha value is -2.28. The van der Waals surface area contributed by atoms with Gasteiger partial charge < -0.3 is 9.72 Å². The van der Waals surface area contributed by atoms with Gasteiger partial charge in [-0.3, -0.25) is 0 Å². The molecule has 2 rings (SSSR count). The molecule has 1 aromatic heterocycles. The quantitative estimate of drug-likeness (QED) is 0.779. The maximum atomic E-state index is 11.5. The number of nitrogens with zero attached hydrogens (tertiary/aromatic N) is 1. The van der Waals surface area contributed by atoms with E-state index < -0.39 is 5.97 Å². The molecule has 1 aromatic carbocycles. The second-order valence-corrected chi connectivity index (χ2v) is 3.29. The topological polar surface area (TPSA) is 65.9 Å². The lowest BCUT2D eigenvalue weighted by atomic mass is 10.2. The van der Waals surface area contributed by atoms with Crippen molar-refractivity contribution in [3.8, 4) is 6.07 Å². The second kappa shape index (κ2) is 4.07. The summed E-state index contributed by atoms with van der Waals surface area (Å²) in [5.74, 6) is -0.400. The minimum Gasteiger partial charge on any atom is -0.461 e. The van der Waals surface area contributed by atoms with Crippen LogP contribution in [0.1, 0.15) is 23.0 Å². The van der Waals surface area contributed by atoms with Gasteiger partial charge in [-0.25, -0.2) is 4.79 Å². The Morgan fingerprint density at radius 1 is 1.56 bits per heavy atom. The summed E-state index contributed by atoms with van der Waals surface area (Å²) in [6.45, 7) is 2.08. The third kappa shape index (κ3) is 1.63. The van der Waals surface area contributed by atoms with E-state index in [0.717, 1.165) is 5.39 Å². The van der Waals surface area contributed by atoms with Crippen molar-refractivity contribution in [1.29, 1.82) is 5.26 Å². The molecule has 1 N–H and O–H groups in total. The Balaban J connectivity index is 2.52. The maximum Gasteiger partial charge on any atom is 0.354 e. The van der Waals surface area contributed by atoms with Crippen molar-refractivity contribution in [2.24, 2.45) is 0 Å². The number of esters is 1. The van der Waals surface area contributed by atoms with Gasteiger partial charge in [0.1, 0.15) is 11.8 Å². The molecule has 0 saturated heterocycles. The van der Waals surface area contributed by atoms with E-state index in [2.05, 4.69) is 11.1 Å². The Bertz CT molecular complexity index is 578. The van der Waals surface area contributed by atoms with Gasteiger partial charge in [0.25, 0.3) is 0 Å². The normalized spacial score (nSPS) is 10.0. The number of carbonyl (C=O) groups is 1. The summed E-state index contributed by atoms with van der Waals surface area (Å²) in [6, 6.07) is 9.09. The monoisotopic (exact) mass is 214 g/mol. The number of hydrogen-bond donors (Lipinski definition) is 1. The van der Waals surface area contributed by atoms with Crippen LogP contribution in [-0.4, -0.2) is 17.6 Å². The first kappa shape index (κ1) is 10.2. The van der Waals surface area contributed by atoms with Crippen molar-refractivity contribution in [1.82, 2.24) is 4.98 Å². The van der Waals surface area contributed by atoms with E-state index in [9.17, 15) is 4.79 Å². The van der Waals surface area contributed by atoms with E-state index in [0.29, 0.717) is 23.4 Å². The summed E-state index contributed by atoms with van der Waals surface area (Å²) >= 11 is 0. The Labute approximate surface area is 92.4 Å². The van der Waals surface area contributed by atoms with Gasteiger partial charge in [0.15, 0.2) is 0 Å². The van der Waals surface area contributed by atoms with Crippen LogP contribution in [0, 0.1) is 11.3 Å². The largest absolute Gasteiger partial charge is 0.461 e. The van der Waals surface area contributed by atoms with Crippen molar-refractivity contribution in [2.75, 3.05) is 6.61 Å². The van der Waals surface area contributed by atoms with E-state index in [1.165, 1.54) is 0 Å². The summed E-state index contributed by atoms with van der Waals surface area (Å²) in [5.41, 5.74) is 1.57. The van der Waals surface area contributed by atoms with Crippen LogP contribution in [0.4, 0.5) is 0 Å². The molecule has 0 fully saturated rings. The number of H-pyrrole nitrogens is 1. The summed E-state index contributed by atoms with van der Waals surface area (Å²) in [4.78, 5) is 14.4. The van der Waals surface area contributed by atoms with Crippen LogP contribution in [0.15, 0.2) is 24.3 Å². The molecule has 80 valence electrons. The number of fused-ring (bicyclic) bond motifs is 1. The first-order valence-corrected chi connectivity index (χ1v) is 4.95. The van der Waals surface area contributed by atoms with Crippen LogP contribution < -0.4 is 0 Å². The van der Waals surface area contributed by atoms with Gasteiger partial charge in [0.05, 0.1) is 17.7 Å². The lowest BCUT2D eigenvalue weighted by Gasteiger charge is -1.96. The fourth-order valence-electron chi connectivity index (χ4n) is 1.57. The van der Waals surface area contributed by atoms with Gasteiger partial charge in [-0.15, -0.1) is 0 Å². The number of rotatable bonds is 2. The third-order valence-corrected chi connectivity index (χ3v) is 2.27. The standard InChI is InChI=1S/C12H10N2O2/c1-2-16-12(15)10-6-8-4-3-5-9(7-13)11(8)14-10/h3-6,14H,2H2,1H3. The van der Waals surface area contributed by atoms with E-state index in [1.807, 2.05) is 6.07 Å². The van der Waals surface area contributed by atoms with E-state index in [-0.39, 0.29) is 0 Å². The average Bonchev–Trinajstić information content (AvgIpc) is 2.72. The molecule has 0 radical (unpaired) electrons. The summed E-state index contributed by atoms with van der Waals surface area (Å²) in [7, 11) is 0. The minimum atomic E-state index is -0.400. The molecule has 0 aliphatic rings. The van der Waals surface area contributed by atoms with Gasteiger partial charge in [0, 0.05) is 5.39 Å². The van der Waals surface area contributed by atoms with Crippen LogP contribution in [0.2, 0.25) is 0 Å². The van der Waals surface area contributed by atoms with Crippen LogP contribution in [-0.2, 0) is 4.74 Å². The predicted octanol–water partition coefficient (Wildman–Crippen LogP) is 2.22. The van der Waals surface area contributed by atoms with Crippen molar-refractivity contribution >= 4 is 16.9 Å². The molecular formula is C12H10N2O2. The zero-order valence-corrected chi connectivity index (χ0v) is 8.78. The SMILES string of the molecule is CCOC(=O)c1cc2cccc(C#N)c2[nH]1. The van der Waals surface area contributed by atoms with Crippen molar-refractivity contribution in [3.63, 3.8) is 0 Å². The molecular weight excluding hydrogens is 204 g/mol. The highest BCUT2D eigenvalue weighted by Crippen LogP contribution is 2.19. The smallest absolute Gasteiger partial charge is 0.354 e. The number of aromatic amines is 1. The number of para-hydroxylation sites is 1. The van der Waals surface area contributed by atoms with Crippen LogP contribution in [0.3, 0.4) is 0 Å². The van der Waals surface area contributed by atoms with E-state index in [4.69, 9.17) is 10.00 Å². The number of nitriles is 1. The number of nitrogens with one attached hydrogen (secondary N) is 1. The molecule has 0 aliphatic heterocycles. The highest BCUT2D eigenvalue weighted by Gasteiger charge is 2.11. The Morgan fingerprint density at radius 3 is 3.06 bits per heavy atom. The Morgan fingerprint density at radius 2 is 2.38 bits per heavy atom. The molecule has 0 aliphatic carbocycles. The number of aromatic nitrogens is 1. The summed E-state index contributed by atoms with van der Waals surface area (Å²) in [5, 5.41) is 9.74. The second-order valence-electron chi connectivity index (χ2n) is 3.29. The zero-order chi connectivity index (χ0) is 11.5. The minimum absolute atomic E-state index is 0.333. The molecule has 4 heteroatoms. The van der Waals surface area contributed by atoms with Crippen LogP contribution in [0.5, 0.6) is 0 Å². The third-order valence-electron chi connectivity index (χ3n) is 2.27. The van der Waals surface area contributed by atoms with Gasteiger partial charge in [-0.05, 0) is 19.1 Å². The molecule has 1 heterocycles. The van der Waals surface area contributed by atoms with Gasteiger partial charge in [-0.2, -0.15) is 5.26 Å². The fraction of sp³-hybridized carbons (Fsp3) is 0.167. The molecule has 0 amide bonds. The molecule has 0 saturated carbocycles. The zero-order valence-electron chi connectivity index (χ0n) is 8.78.